The van der Waals surface area contributed by atoms with Crippen molar-refractivity contribution in [3.8, 4) is 0 Å². The number of hydrogen-bond acceptors (Lipinski definition) is 5. The van der Waals surface area contributed by atoms with Crippen molar-refractivity contribution in [3.63, 3.8) is 0 Å². The molecule has 0 aromatic rings. The van der Waals surface area contributed by atoms with Crippen LogP contribution in [0.3, 0.4) is 0 Å². The van der Waals surface area contributed by atoms with Crippen molar-refractivity contribution in [1.82, 2.24) is 4.90 Å². The van der Waals surface area contributed by atoms with E-state index in [2.05, 4.69) is 0 Å². The zero-order chi connectivity index (χ0) is 14.5. The van der Waals surface area contributed by atoms with Gasteiger partial charge in [0.25, 0.3) is 0 Å². The molecule has 6 heteroatoms. The average molecular weight is 288 g/mol. The predicted molar refractivity (Wildman–Crippen MR) is 77.0 cm³/mol. The van der Waals surface area contributed by atoms with Gasteiger partial charge in [-0.05, 0) is 33.6 Å². The second-order valence-corrected chi connectivity index (χ2v) is 7.08. The third-order valence-electron chi connectivity index (χ3n) is 3.13. The Morgan fingerprint density at radius 2 is 2.16 bits per heavy atom. The van der Waals surface area contributed by atoms with Crippen LogP contribution in [0.25, 0.3) is 0 Å². The number of nitrogens with zero attached hydrogens (tertiary/aromatic N) is 1. The van der Waals surface area contributed by atoms with Crippen LogP contribution in [0.5, 0.6) is 0 Å². The molecule has 1 aliphatic rings. The van der Waals surface area contributed by atoms with Crippen LogP contribution in [0.1, 0.15) is 33.6 Å². The fraction of sp³-hybridized carbons (Fsp3) is 0.846. The topological polar surface area (TPSA) is 72.6 Å². The van der Waals surface area contributed by atoms with E-state index in [1.54, 1.807) is 23.6 Å². The number of piperidine rings is 1. The van der Waals surface area contributed by atoms with Crippen molar-refractivity contribution in [2.45, 2.75) is 43.6 Å². The Balaban J connectivity index is 2.56. The van der Waals surface area contributed by atoms with Gasteiger partial charge in [-0.1, -0.05) is 0 Å². The minimum absolute atomic E-state index is 0.0146. The van der Waals surface area contributed by atoms with Crippen LogP contribution in [-0.2, 0) is 14.3 Å². The van der Waals surface area contributed by atoms with Gasteiger partial charge in [-0.2, -0.15) is 0 Å². The molecule has 1 rings (SSSR count). The van der Waals surface area contributed by atoms with Crippen LogP contribution in [0, 0.1) is 0 Å². The number of carbonyl (C=O) groups is 2. The second kappa shape index (κ2) is 7.14. The van der Waals surface area contributed by atoms with E-state index in [1.807, 2.05) is 13.8 Å². The number of nitrogens with two attached hydrogens (primary N) is 1. The summed E-state index contributed by atoms with van der Waals surface area (Å²) < 4.78 is 4.51. The minimum atomic E-state index is -0.574. The summed E-state index contributed by atoms with van der Waals surface area (Å²) in [5, 5.41) is 0.267. The van der Waals surface area contributed by atoms with Crippen molar-refractivity contribution >= 4 is 23.6 Å². The van der Waals surface area contributed by atoms with Gasteiger partial charge in [0.2, 0.25) is 5.91 Å². The first-order valence-electron chi connectivity index (χ1n) is 6.73. The van der Waals surface area contributed by atoms with E-state index in [9.17, 15) is 9.59 Å². The number of ether oxygens (including phenoxy) is 1. The van der Waals surface area contributed by atoms with E-state index in [1.165, 1.54) is 0 Å². The van der Waals surface area contributed by atoms with Gasteiger partial charge < -0.3 is 15.4 Å². The number of rotatable bonds is 5. The van der Waals surface area contributed by atoms with E-state index in [4.69, 9.17) is 10.5 Å². The summed E-state index contributed by atoms with van der Waals surface area (Å²) in [5.41, 5.74) is 5.39. The molecule has 1 atom stereocenters. The van der Waals surface area contributed by atoms with Gasteiger partial charge in [0, 0.05) is 18.3 Å². The van der Waals surface area contributed by atoms with Crippen molar-refractivity contribution in [1.29, 1.82) is 0 Å². The summed E-state index contributed by atoms with van der Waals surface area (Å²) in [4.78, 5) is 25.3. The Morgan fingerprint density at radius 1 is 1.47 bits per heavy atom. The molecule has 1 unspecified atom stereocenters. The summed E-state index contributed by atoms with van der Waals surface area (Å²) in [6.45, 7) is 7.44. The standard InChI is InChI=1S/C13H24N2O3S/c1-4-18-12(17)13(2,3)19-10-6-5-7-15(9-10)11(16)8-14/h10H,4-9,14H2,1-3H3. The molecule has 1 fully saturated rings. The normalized spacial score (nSPS) is 20.2. The molecule has 1 aliphatic heterocycles. The van der Waals surface area contributed by atoms with Gasteiger partial charge >= 0.3 is 5.97 Å². The smallest absolute Gasteiger partial charge is 0.321 e. The van der Waals surface area contributed by atoms with Crippen LogP contribution < -0.4 is 5.73 Å². The first-order chi connectivity index (χ1) is 8.90. The average Bonchev–Trinajstić information content (AvgIpc) is 2.38. The molecule has 1 amide bonds. The Hall–Kier alpha value is -0.750. The van der Waals surface area contributed by atoms with Crippen molar-refractivity contribution < 1.29 is 14.3 Å². The first kappa shape index (κ1) is 16.3. The van der Waals surface area contributed by atoms with Crippen LogP contribution >= 0.6 is 11.8 Å². The second-order valence-electron chi connectivity index (χ2n) is 5.16. The largest absolute Gasteiger partial charge is 0.465 e. The third kappa shape index (κ3) is 4.69. The molecule has 0 radical (unpaired) electrons. The molecule has 0 aliphatic carbocycles. The summed E-state index contributed by atoms with van der Waals surface area (Å²) in [6.07, 6.45) is 1.98. The number of amides is 1. The van der Waals surface area contributed by atoms with Gasteiger partial charge in [-0.15, -0.1) is 11.8 Å². The van der Waals surface area contributed by atoms with E-state index in [0.29, 0.717) is 13.2 Å². The molecular weight excluding hydrogens is 264 g/mol. The maximum Gasteiger partial charge on any atom is 0.321 e. The molecular formula is C13H24N2O3S. The zero-order valence-electron chi connectivity index (χ0n) is 12.0. The number of thioether (sulfide) groups is 1. The third-order valence-corrected chi connectivity index (χ3v) is 4.61. The highest BCUT2D eigenvalue weighted by Crippen LogP contribution is 2.34. The molecule has 2 N–H and O–H groups in total. The fourth-order valence-electron chi connectivity index (χ4n) is 2.16. The van der Waals surface area contributed by atoms with Crippen LogP contribution in [0.4, 0.5) is 0 Å². The maximum atomic E-state index is 11.9. The van der Waals surface area contributed by atoms with Crippen LogP contribution in [-0.4, -0.2) is 53.0 Å². The monoisotopic (exact) mass is 288 g/mol. The Bertz CT molecular complexity index is 334. The van der Waals surface area contributed by atoms with Crippen LogP contribution in [0.2, 0.25) is 0 Å². The molecule has 0 spiro atoms. The number of hydrogen-bond donors (Lipinski definition) is 1. The summed E-state index contributed by atoms with van der Waals surface area (Å²) in [5.74, 6) is -0.207. The van der Waals surface area contributed by atoms with Crippen LogP contribution in [0.15, 0.2) is 0 Å². The molecule has 0 bridgehead atoms. The Kier molecular flexibility index (Phi) is 6.13. The van der Waals surface area contributed by atoms with Crippen molar-refractivity contribution in [2.75, 3.05) is 26.2 Å². The molecule has 0 aromatic carbocycles. The Labute approximate surface area is 119 Å². The van der Waals surface area contributed by atoms with E-state index in [0.717, 1.165) is 19.4 Å². The lowest BCUT2D eigenvalue weighted by Gasteiger charge is -2.35. The summed E-state index contributed by atoms with van der Waals surface area (Å²) in [7, 11) is 0. The highest BCUT2D eigenvalue weighted by atomic mass is 32.2. The SMILES string of the molecule is CCOC(=O)C(C)(C)SC1CCCN(C(=O)CN)C1. The number of carbonyl (C=O) groups excluding carboxylic acids is 2. The molecule has 1 heterocycles. The minimum Gasteiger partial charge on any atom is -0.465 e. The van der Waals surface area contributed by atoms with Gasteiger partial charge in [0.1, 0.15) is 4.75 Å². The van der Waals surface area contributed by atoms with E-state index < -0.39 is 4.75 Å². The maximum absolute atomic E-state index is 11.9. The Morgan fingerprint density at radius 3 is 2.74 bits per heavy atom. The highest BCUT2D eigenvalue weighted by Gasteiger charge is 2.35. The zero-order valence-corrected chi connectivity index (χ0v) is 12.8. The summed E-state index contributed by atoms with van der Waals surface area (Å²) >= 11 is 1.59. The van der Waals surface area contributed by atoms with E-state index >= 15 is 0 Å². The molecule has 1 saturated heterocycles. The lowest BCUT2D eigenvalue weighted by atomic mass is 10.1. The number of likely N-dealkylation sites (tertiary alicyclic amines) is 1. The van der Waals surface area contributed by atoms with Gasteiger partial charge in [0.05, 0.1) is 13.2 Å². The lowest BCUT2D eigenvalue weighted by Crippen LogP contribution is -2.45. The quantitative estimate of drug-likeness (QED) is 0.764. The number of esters is 1. The molecule has 0 saturated carbocycles. The van der Waals surface area contributed by atoms with Gasteiger partial charge in [-0.25, -0.2) is 0 Å². The molecule has 19 heavy (non-hydrogen) atoms. The van der Waals surface area contributed by atoms with E-state index in [-0.39, 0.29) is 23.7 Å². The van der Waals surface area contributed by atoms with Crippen molar-refractivity contribution in [3.05, 3.63) is 0 Å². The fourth-order valence-corrected chi connectivity index (χ4v) is 3.69. The summed E-state index contributed by atoms with van der Waals surface area (Å²) in [6, 6.07) is 0. The van der Waals surface area contributed by atoms with Gasteiger partial charge in [-0.3, -0.25) is 9.59 Å². The predicted octanol–water partition coefficient (Wildman–Crippen LogP) is 1.01. The van der Waals surface area contributed by atoms with Gasteiger partial charge in [0.15, 0.2) is 0 Å². The highest BCUT2D eigenvalue weighted by molar-refractivity contribution is 8.02. The first-order valence-corrected chi connectivity index (χ1v) is 7.61. The molecule has 110 valence electrons. The van der Waals surface area contributed by atoms with Crippen molar-refractivity contribution in [2.24, 2.45) is 5.73 Å². The molecule has 5 nitrogen and oxygen atoms in total. The molecule has 0 aromatic heterocycles. The lowest BCUT2D eigenvalue weighted by molar-refractivity contribution is -0.145.